The van der Waals surface area contributed by atoms with Crippen LogP contribution in [0.2, 0.25) is 0 Å². The smallest absolute Gasteiger partial charge is 0.284 e. The van der Waals surface area contributed by atoms with Crippen LogP contribution < -0.4 is 11.1 Å². The van der Waals surface area contributed by atoms with Crippen LogP contribution in [-0.4, -0.2) is 54.4 Å². The minimum absolute atomic E-state index is 0.0153. The van der Waals surface area contributed by atoms with Gasteiger partial charge in [0.05, 0.1) is 12.5 Å². The van der Waals surface area contributed by atoms with Gasteiger partial charge in [0.15, 0.2) is 10.8 Å². The van der Waals surface area contributed by atoms with Gasteiger partial charge < -0.3 is 11.1 Å². The molecule has 0 unspecified atom stereocenters. The van der Waals surface area contributed by atoms with Crippen molar-refractivity contribution in [1.82, 2.24) is 14.6 Å². The highest BCUT2D eigenvalue weighted by Crippen LogP contribution is 2.23. The monoisotopic (exact) mass is 395 g/mol. The summed E-state index contributed by atoms with van der Waals surface area (Å²) in [5, 5.41) is 2.61. The van der Waals surface area contributed by atoms with E-state index in [9.17, 15) is 22.8 Å². The Morgan fingerprint density at radius 1 is 1.33 bits per heavy atom. The highest BCUT2D eigenvalue weighted by atomic mass is 32.2. The fraction of sp³-hybridized carbons (Fsp3) is 0.471. The summed E-state index contributed by atoms with van der Waals surface area (Å²) < 4.78 is 26.8. The van der Waals surface area contributed by atoms with Crippen LogP contribution in [0.15, 0.2) is 29.4 Å². The van der Waals surface area contributed by atoms with Crippen molar-refractivity contribution in [2.45, 2.75) is 43.7 Å². The molecular weight excluding hydrogens is 372 g/mol. The number of ketones is 1. The highest BCUT2D eigenvalue weighted by Gasteiger charge is 2.40. The first-order valence-corrected chi connectivity index (χ1v) is 10.0. The van der Waals surface area contributed by atoms with Crippen LogP contribution in [0.3, 0.4) is 0 Å². The van der Waals surface area contributed by atoms with Gasteiger partial charge in [-0.15, -0.1) is 0 Å². The third-order valence-corrected chi connectivity index (χ3v) is 6.07. The molecule has 1 aromatic heterocycles. The van der Waals surface area contributed by atoms with E-state index in [-0.39, 0.29) is 42.5 Å². The molecule has 0 aromatic carbocycles. The molecule has 27 heavy (non-hydrogen) atoms. The number of nitrogens with two attached hydrogens (primary N) is 1. The molecule has 3 N–H and O–H groups in total. The van der Waals surface area contributed by atoms with Crippen LogP contribution >= 0.6 is 0 Å². The number of Topliss-reactive ketones (excluding diaryl/α,β-unsaturated/α-hetero) is 1. The molecular formula is C17H23N4O5S. The first kappa shape index (κ1) is 21.0. The number of nitrogens with one attached hydrogen (secondary N) is 1. The van der Waals surface area contributed by atoms with Crippen molar-refractivity contribution < 1.29 is 22.8 Å². The van der Waals surface area contributed by atoms with E-state index in [4.69, 9.17) is 5.73 Å². The van der Waals surface area contributed by atoms with Crippen molar-refractivity contribution in [2.24, 2.45) is 5.73 Å². The van der Waals surface area contributed by atoms with E-state index in [1.807, 2.05) is 0 Å². The maximum absolute atomic E-state index is 13.1. The molecule has 1 aliphatic rings. The van der Waals surface area contributed by atoms with E-state index in [0.29, 0.717) is 17.3 Å². The molecule has 1 aliphatic heterocycles. The zero-order chi connectivity index (χ0) is 20.0. The second-order valence-corrected chi connectivity index (χ2v) is 8.07. The van der Waals surface area contributed by atoms with E-state index >= 15 is 0 Å². The zero-order valence-electron chi connectivity index (χ0n) is 15.1. The molecule has 10 heteroatoms. The Kier molecular flexibility index (Phi) is 7.03. The molecule has 0 aliphatic carbocycles. The summed E-state index contributed by atoms with van der Waals surface area (Å²) in [5.41, 5.74) is 5.17. The van der Waals surface area contributed by atoms with E-state index in [1.54, 1.807) is 6.07 Å². The molecule has 9 nitrogen and oxygen atoms in total. The number of aromatic nitrogens is 1. The van der Waals surface area contributed by atoms with Crippen LogP contribution in [0.4, 0.5) is 0 Å². The summed E-state index contributed by atoms with van der Waals surface area (Å²) in [7, 11) is -4.32. The van der Waals surface area contributed by atoms with E-state index in [2.05, 4.69) is 10.3 Å². The van der Waals surface area contributed by atoms with Gasteiger partial charge in [-0.25, -0.2) is 9.29 Å². The number of hydrogen-bond acceptors (Lipinski definition) is 7. The first-order valence-electron chi connectivity index (χ1n) is 8.59. The van der Waals surface area contributed by atoms with Gasteiger partial charge in [-0.1, -0.05) is 6.07 Å². The van der Waals surface area contributed by atoms with Gasteiger partial charge in [0.2, 0.25) is 11.8 Å². The Balaban J connectivity index is 2.37. The molecule has 1 radical (unpaired) electrons. The zero-order valence-corrected chi connectivity index (χ0v) is 15.9. The lowest BCUT2D eigenvalue weighted by Gasteiger charge is -2.29. The fourth-order valence-corrected chi connectivity index (χ4v) is 4.33. The average Bonchev–Trinajstić information content (AvgIpc) is 2.85. The third kappa shape index (κ3) is 5.10. The third-order valence-electron chi connectivity index (χ3n) is 4.33. The maximum Gasteiger partial charge on any atom is 0.284 e. The maximum atomic E-state index is 13.1. The fourth-order valence-electron chi connectivity index (χ4n) is 2.76. The molecule has 2 rings (SSSR count). The highest BCUT2D eigenvalue weighted by molar-refractivity contribution is 7.89. The van der Waals surface area contributed by atoms with E-state index < -0.39 is 27.9 Å². The predicted octanol–water partition coefficient (Wildman–Crippen LogP) is -0.220. The van der Waals surface area contributed by atoms with E-state index in [0.717, 1.165) is 0 Å². The van der Waals surface area contributed by atoms with Gasteiger partial charge in [0, 0.05) is 12.6 Å². The molecule has 1 fully saturated rings. The molecule has 1 atom stereocenters. The number of hydrogen-bond donors (Lipinski definition) is 2. The predicted molar refractivity (Wildman–Crippen MR) is 96.5 cm³/mol. The normalized spacial score (nSPS) is 18.1. The van der Waals surface area contributed by atoms with Crippen molar-refractivity contribution in [3.8, 4) is 0 Å². The Bertz CT molecular complexity index is 797. The number of pyridine rings is 1. The average molecular weight is 395 g/mol. The molecule has 0 bridgehead atoms. The van der Waals surface area contributed by atoms with Crippen molar-refractivity contribution in [3.05, 3.63) is 30.3 Å². The second-order valence-electron chi connectivity index (χ2n) is 6.31. The molecule has 0 spiro atoms. The summed E-state index contributed by atoms with van der Waals surface area (Å²) in [5.74, 6) is -1.54. The Hall–Kier alpha value is -2.33. The van der Waals surface area contributed by atoms with Crippen LogP contribution in [0.1, 0.15) is 32.6 Å². The van der Waals surface area contributed by atoms with Gasteiger partial charge in [0.25, 0.3) is 10.0 Å². The minimum atomic E-state index is -4.32. The first-order chi connectivity index (χ1) is 12.7. The number of rotatable bonds is 7. The molecule has 2 heterocycles. The molecule has 2 amide bonds. The molecule has 0 saturated carbocycles. The van der Waals surface area contributed by atoms with Crippen LogP contribution in [0.25, 0.3) is 0 Å². The van der Waals surface area contributed by atoms with Gasteiger partial charge in [-0.3, -0.25) is 14.4 Å². The van der Waals surface area contributed by atoms with Crippen molar-refractivity contribution >= 4 is 27.6 Å². The topological polar surface area (TPSA) is 140 Å². The van der Waals surface area contributed by atoms with Gasteiger partial charge >= 0.3 is 0 Å². The summed E-state index contributed by atoms with van der Waals surface area (Å²) in [4.78, 5) is 40.3. The second kappa shape index (κ2) is 9.05. The van der Waals surface area contributed by atoms with Crippen molar-refractivity contribution in [1.29, 1.82) is 0 Å². The number of primary amides is 1. The number of sulfonamides is 1. The van der Waals surface area contributed by atoms with Gasteiger partial charge in [0.1, 0.15) is 6.04 Å². The SMILES string of the molecule is C[C](CCC(=O)N([C@H]1CCCNCC1=O)S(=O)(=O)c1ccccn1)C(N)=O. The Labute approximate surface area is 158 Å². The Morgan fingerprint density at radius 2 is 2.07 bits per heavy atom. The van der Waals surface area contributed by atoms with Crippen LogP contribution in [0.5, 0.6) is 0 Å². The summed E-state index contributed by atoms with van der Waals surface area (Å²) in [6, 6.07) is 3.21. The standard InChI is InChI=1S/C17H23N4O5S/c1-12(17(18)24)7-8-16(23)21(13-5-4-9-19-11-14(13)22)27(25,26)15-6-2-3-10-20-15/h2-3,6,10,13,19H,4-5,7-9,11H2,1H3,(H2,18,24)/t13-/m0/s1. The minimum Gasteiger partial charge on any atom is -0.369 e. The largest absolute Gasteiger partial charge is 0.369 e. The van der Waals surface area contributed by atoms with Crippen molar-refractivity contribution in [2.75, 3.05) is 13.1 Å². The van der Waals surface area contributed by atoms with Gasteiger partial charge in [-0.05, 0) is 44.9 Å². The Morgan fingerprint density at radius 3 is 2.70 bits per heavy atom. The van der Waals surface area contributed by atoms with Crippen molar-refractivity contribution in [3.63, 3.8) is 0 Å². The summed E-state index contributed by atoms with van der Waals surface area (Å²) in [6.07, 6.45) is 1.84. The molecule has 147 valence electrons. The summed E-state index contributed by atoms with van der Waals surface area (Å²) in [6.45, 7) is 2.02. The van der Waals surface area contributed by atoms with E-state index in [1.165, 1.54) is 25.3 Å². The molecule has 1 aromatic rings. The number of nitrogens with zero attached hydrogens (tertiary/aromatic N) is 2. The summed E-state index contributed by atoms with van der Waals surface area (Å²) >= 11 is 0. The lowest BCUT2D eigenvalue weighted by Crippen LogP contribution is -2.49. The lowest BCUT2D eigenvalue weighted by atomic mass is 10.0. The van der Waals surface area contributed by atoms with Crippen LogP contribution in [-0.2, 0) is 24.4 Å². The van der Waals surface area contributed by atoms with Crippen LogP contribution in [0, 0.1) is 5.92 Å². The number of carbonyl (C=O) groups excluding carboxylic acids is 3. The quantitative estimate of drug-likeness (QED) is 0.650. The molecule has 1 saturated heterocycles. The number of amides is 2. The number of carbonyl (C=O) groups is 3. The lowest BCUT2D eigenvalue weighted by molar-refractivity contribution is -0.133. The van der Waals surface area contributed by atoms with Gasteiger partial charge in [-0.2, -0.15) is 8.42 Å².